The number of carbonyl (C=O) groups excluding carboxylic acids is 2. The van der Waals surface area contributed by atoms with Gasteiger partial charge in [0.05, 0.1) is 18.1 Å². The van der Waals surface area contributed by atoms with Crippen LogP contribution in [0.25, 0.3) is 0 Å². The van der Waals surface area contributed by atoms with Crippen molar-refractivity contribution in [2.45, 2.75) is 63.8 Å². The molecule has 2 N–H and O–H groups in total. The molecular formula is C22H31FN2O5S. The molecule has 1 saturated heterocycles. The van der Waals surface area contributed by atoms with Gasteiger partial charge in [-0.05, 0) is 55.2 Å². The van der Waals surface area contributed by atoms with Crippen LogP contribution in [-0.4, -0.2) is 44.5 Å². The Morgan fingerprint density at radius 2 is 1.97 bits per heavy atom. The summed E-state index contributed by atoms with van der Waals surface area (Å²) in [5.41, 5.74) is 0.752. The second-order valence-corrected chi connectivity index (χ2v) is 11.0. The average molecular weight is 455 g/mol. The Morgan fingerprint density at radius 1 is 1.19 bits per heavy atom. The van der Waals surface area contributed by atoms with Crippen molar-refractivity contribution < 1.29 is 27.1 Å². The fourth-order valence-electron chi connectivity index (χ4n) is 3.73. The molecule has 1 aliphatic heterocycles. The van der Waals surface area contributed by atoms with Crippen molar-refractivity contribution in [2.24, 2.45) is 5.92 Å². The summed E-state index contributed by atoms with van der Waals surface area (Å²) in [7, 11) is -3.26. The van der Waals surface area contributed by atoms with Gasteiger partial charge in [0.15, 0.2) is 21.4 Å². The topological polar surface area (TPSA) is 102 Å². The summed E-state index contributed by atoms with van der Waals surface area (Å²) in [6.45, 7) is 2.33. The summed E-state index contributed by atoms with van der Waals surface area (Å²) in [6.07, 6.45) is 5.10. The van der Waals surface area contributed by atoms with E-state index in [1.807, 2.05) is 6.92 Å². The van der Waals surface area contributed by atoms with Gasteiger partial charge in [0.2, 0.25) is 5.91 Å². The van der Waals surface area contributed by atoms with Crippen molar-refractivity contribution in [2.75, 3.05) is 18.1 Å². The van der Waals surface area contributed by atoms with Gasteiger partial charge in [0.1, 0.15) is 0 Å². The summed E-state index contributed by atoms with van der Waals surface area (Å²) in [6, 6.07) is 3.92. The third kappa shape index (κ3) is 7.79. The largest absolute Gasteiger partial charge is 0.490 e. The number of rotatable bonds is 12. The maximum atomic E-state index is 14.0. The molecule has 1 aromatic carbocycles. The third-order valence-corrected chi connectivity index (χ3v) is 7.65. The molecule has 172 valence electrons. The lowest BCUT2D eigenvalue weighted by atomic mass is 10.0. The van der Waals surface area contributed by atoms with Gasteiger partial charge in [-0.25, -0.2) is 17.6 Å². The predicted octanol–water partition coefficient (Wildman–Crippen LogP) is 3.29. The van der Waals surface area contributed by atoms with Crippen LogP contribution in [0, 0.1) is 11.7 Å². The number of carbonyl (C=O) groups is 2. The molecule has 2 aliphatic rings. The lowest BCUT2D eigenvalue weighted by Crippen LogP contribution is -2.52. The summed E-state index contributed by atoms with van der Waals surface area (Å²) >= 11 is 0. The van der Waals surface area contributed by atoms with Crippen LogP contribution in [0.15, 0.2) is 18.2 Å². The molecule has 31 heavy (non-hydrogen) atoms. The number of halogens is 1. The van der Waals surface area contributed by atoms with E-state index in [0.717, 1.165) is 24.8 Å². The number of imide groups is 1. The minimum Gasteiger partial charge on any atom is -0.490 e. The average Bonchev–Trinajstić information content (AvgIpc) is 3.50. The minimum absolute atomic E-state index is 0.000445. The van der Waals surface area contributed by atoms with Gasteiger partial charge in [0.25, 0.3) is 0 Å². The Kier molecular flexibility index (Phi) is 7.91. The SMILES string of the molecule is C[C@@H](CS(=O)(=O)CCCCCC1CC(=O)NC(=O)N1)c1ccc(F)c(OCC2CC2)c1. The predicted molar refractivity (Wildman–Crippen MR) is 115 cm³/mol. The highest BCUT2D eigenvalue weighted by molar-refractivity contribution is 7.91. The maximum absolute atomic E-state index is 14.0. The van der Waals surface area contributed by atoms with Crippen LogP contribution in [0.2, 0.25) is 0 Å². The minimum atomic E-state index is -3.26. The van der Waals surface area contributed by atoms with Gasteiger partial charge in [0, 0.05) is 12.5 Å². The highest BCUT2D eigenvalue weighted by Gasteiger charge is 2.24. The summed E-state index contributed by atoms with van der Waals surface area (Å²) in [4.78, 5) is 22.6. The highest BCUT2D eigenvalue weighted by Crippen LogP contribution is 2.31. The first kappa shape index (κ1) is 23.5. The van der Waals surface area contributed by atoms with Crippen LogP contribution in [0.3, 0.4) is 0 Å². The number of unbranched alkanes of at least 4 members (excludes halogenated alkanes) is 2. The Hall–Kier alpha value is -2.16. The van der Waals surface area contributed by atoms with E-state index in [-0.39, 0.29) is 41.5 Å². The van der Waals surface area contributed by atoms with Crippen molar-refractivity contribution in [3.63, 3.8) is 0 Å². The number of hydrogen-bond donors (Lipinski definition) is 2. The molecule has 1 saturated carbocycles. The van der Waals surface area contributed by atoms with Crippen molar-refractivity contribution in [3.05, 3.63) is 29.6 Å². The smallest absolute Gasteiger partial charge is 0.321 e. The van der Waals surface area contributed by atoms with E-state index in [1.165, 1.54) is 6.07 Å². The van der Waals surface area contributed by atoms with E-state index in [9.17, 15) is 22.4 Å². The zero-order valence-electron chi connectivity index (χ0n) is 17.9. The Morgan fingerprint density at radius 3 is 2.68 bits per heavy atom. The second kappa shape index (κ2) is 10.4. The van der Waals surface area contributed by atoms with Crippen LogP contribution in [0.1, 0.15) is 63.4 Å². The first-order valence-corrected chi connectivity index (χ1v) is 12.8. The van der Waals surface area contributed by atoms with Gasteiger partial charge in [-0.15, -0.1) is 0 Å². The van der Waals surface area contributed by atoms with Crippen molar-refractivity contribution >= 4 is 21.8 Å². The van der Waals surface area contributed by atoms with E-state index in [1.54, 1.807) is 12.1 Å². The quantitative estimate of drug-likeness (QED) is 0.472. The van der Waals surface area contributed by atoms with Crippen LogP contribution in [0.4, 0.5) is 9.18 Å². The molecule has 3 amide bonds. The monoisotopic (exact) mass is 454 g/mol. The Labute approximate surface area is 183 Å². The van der Waals surface area contributed by atoms with E-state index >= 15 is 0 Å². The van der Waals surface area contributed by atoms with Gasteiger partial charge < -0.3 is 10.1 Å². The molecule has 0 aromatic heterocycles. The molecule has 9 heteroatoms. The van der Waals surface area contributed by atoms with Crippen molar-refractivity contribution in [1.82, 2.24) is 10.6 Å². The third-order valence-electron chi connectivity index (χ3n) is 5.73. The summed E-state index contributed by atoms with van der Waals surface area (Å²) in [5, 5.41) is 4.89. The normalized spacial score (nSPS) is 20.1. The zero-order chi connectivity index (χ0) is 22.4. The lowest BCUT2D eigenvalue weighted by Gasteiger charge is -2.22. The Bertz CT molecular complexity index is 885. The van der Waals surface area contributed by atoms with Crippen LogP contribution in [0.5, 0.6) is 5.75 Å². The molecule has 1 heterocycles. The highest BCUT2D eigenvalue weighted by atomic mass is 32.2. The van der Waals surface area contributed by atoms with E-state index < -0.39 is 21.7 Å². The summed E-state index contributed by atoms with van der Waals surface area (Å²) in [5.74, 6) is -0.187. The van der Waals surface area contributed by atoms with Crippen molar-refractivity contribution in [3.8, 4) is 5.75 Å². The number of hydrogen-bond acceptors (Lipinski definition) is 5. The van der Waals surface area contributed by atoms with Crippen molar-refractivity contribution in [1.29, 1.82) is 0 Å². The number of sulfone groups is 1. The van der Waals surface area contributed by atoms with Gasteiger partial charge in [-0.2, -0.15) is 0 Å². The van der Waals surface area contributed by atoms with Crippen LogP contribution in [-0.2, 0) is 14.6 Å². The Balaban J connectivity index is 1.40. The molecule has 0 radical (unpaired) electrons. The number of ether oxygens (including phenoxy) is 1. The van der Waals surface area contributed by atoms with Crippen LogP contribution < -0.4 is 15.4 Å². The number of nitrogens with one attached hydrogen (secondary N) is 2. The lowest BCUT2D eigenvalue weighted by molar-refractivity contribution is -0.121. The maximum Gasteiger partial charge on any atom is 0.321 e. The van der Waals surface area contributed by atoms with Crippen LogP contribution >= 0.6 is 0 Å². The molecular weight excluding hydrogens is 423 g/mol. The van der Waals surface area contributed by atoms with E-state index in [2.05, 4.69) is 10.6 Å². The molecule has 3 rings (SSSR count). The van der Waals surface area contributed by atoms with Gasteiger partial charge in [-0.1, -0.05) is 25.8 Å². The molecule has 0 spiro atoms. The fourth-order valence-corrected chi connectivity index (χ4v) is 5.49. The number of amides is 3. The molecule has 1 aliphatic carbocycles. The molecule has 2 fully saturated rings. The number of urea groups is 1. The molecule has 1 aromatic rings. The molecule has 2 atom stereocenters. The number of benzene rings is 1. The van der Waals surface area contributed by atoms with Gasteiger partial charge >= 0.3 is 6.03 Å². The van der Waals surface area contributed by atoms with E-state index in [4.69, 9.17) is 4.74 Å². The fraction of sp³-hybridized carbons (Fsp3) is 0.636. The van der Waals surface area contributed by atoms with E-state index in [0.29, 0.717) is 31.8 Å². The molecule has 0 bridgehead atoms. The first-order chi connectivity index (χ1) is 14.7. The standard InChI is InChI=1S/C22H31FN2O5S/c1-15(17-8-9-19(23)20(11-17)30-13-16-6-7-16)14-31(28,29)10-4-2-3-5-18-12-21(26)25-22(27)24-18/h8-9,11,15-16,18H,2-7,10,12-14H2,1H3,(H2,24,25,26,27)/t15-,18?/m0/s1. The van der Waals surface area contributed by atoms with Gasteiger partial charge in [-0.3, -0.25) is 10.1 Å². The second-order valence-electron chi connectivity index (χ2n) is 8.73. The molecule has 7 nitrogen and oxygen atoms in total. The molecule has 1 unspecified atom stereocenters. The first-order valence-electron chi connectivity index (χ1n) is 10.9. The summed E-state index contributed by atoms with van der Waals surface area (Å²) < 4.78 is 44.6. The zero-order valence-corrected chi connectivity index (χ0v) is 18.7.